The molecular formula is C15H22N2O3. The molecule has 3 rings (SSSR count). The van der Waals surface area contributed by atoms with Crippen LogP contribution in [0.1, 0.15) is 41.1 Å². The summed E-state index contributed by atoms with van der Waals surface area (Å²) in [4.78, 5) is 15.9. The van der Waals surface area contributed by atoms with E-state index in [-0.39, 0.29) is 5.76 Å². The lowest BCUT2D eigenvalue weighted by Crippen LogP contribution is -2.36. The fourth-order valence-electron chi connectivity index (χ4n) is 3.55. The third-order valence-corrected chi connectivity index (χ3v) is 4.86. The molecule has 3 heterocycles. The highest BCUT2D eigenvalue weighted by Crippen LogP contribution is 2.29. The predicted octanol–water partition coefficient (Wildman–Crippen LogP) is 1.95. The summed E-state index contributed by atoms with van der Waals surface area (Å²) >= 11 is 0. The highest BCUT2D eigenvalue weighted by Gasteiger charge is 2.34. The lowest BCUT2D eigenvalue weighted by Gasteiger charge is -2.25. The zero-order valence-electron chi connectivity index (χ0n) is 12.1. The number of carboxylic acid groups (broad SMARTS) is 1. The molecule has 5 heteroatoms. The van der Waals surface area contributed by atoms with Crippen LogP contribution in [0.3, 0.4) is 0 Å². The Morgan fingerprint density at radius 2 is 2.15 bits per heavy atom. The maximum absolute atomic E-state index is 10.9. The largest absolute Gasteiger partial charge is 0.475 e. The fraction of sp³-hybridized carbons (Fsp3) is 0.667. The molecular weight excluding hydrogens is 256 g/mol. The van der Waals surface area contributed by atoms with Crippen LogP contribution >= 0.6 is 0 Å². The topological polar surface area (TPSA) is 56.9 Å². The van der Waals surface area contributed by atoms with E-state index in [0.29, 0.717) is 6.04 Å². The van der Waals surface area contributed by atoms with Gasteiger partial charge in [0.2, 0.25) is 5.76 Å². The van der Waals surface area contributed by atoms with Gasteiger partial charge in [0.1, 0.15) is 5.76 Å². The smallest absolute Gasteiger partial charge is 0.371 e. The Kier molecular flexibility index (Phi) is 3.56. The summed E-state index contributed by atoms with van der Waals surface area (Å²) in [6.07, 6.45) is 3.81. The number of likely N-dealkylation sites (tertiary alicyclic amines) is 1. The first-order chi connectivity index (χ1) is 9.54. The molecule has 2 saturated heterocycles. The molecule has 0 saturated carbocycles. The molecule has 2 atom stereocenters. The van der Waals surface area contributed by atoms with Gasteiger partial charge in [0.05, 0.1) is 0 Å². The van der Waals surface area contributed by atoms with Crippen LogP contribution in [0, 0.1) is 6.92 Å². The number of nitrogens with zero attached hydrogens (tertiary/aromatic N) is 2. The Balaban J connectivity index is 1.70. The molecule has 1 aromatic heterocycles. The number of carbonyl (C=O) groups is 1. The number of likely N-dealkylation sites (N-methyl/N-ethyl adjacent to an activating group) is 1. The van der Waals surface area contributed by atoms with Crippen molar-refractivity contribution in [1.29, 1.82) is 0 Å². The standard InChI is InChI=1S/C15H22N2O3/c1-10-11(7-14(20-10)15(18)19)8-17-6-5-12-3-4-13(9-17)16(12)2/h7,12-13H,3-6,8-9H2,1-2H3,(H,18,19). The van der Waals surface area contributed by atoms with Crippen LogP contribution < -0.4 is 0 Å². The minimum absolute atomic E-state index is 0.0472. The first-order valence-corrected chi connectivity index (χ1v) is 7.31. The van der Waals surface area contributed by atoms with Crippen molar-refractivity contribution in [2.24, 2.45) is 0 Å². The van der Waals surface area contributed by atoms with E-state index in [1.54, 1.807) is 6.07 Å². The molecule has 1 N–H and O–H groups in total. The van der Waals surface area contributed by atoms with Crippen molar-refractivity contribution in [2.45, 2.75) is 44.8 Å². The van der Waals surface area contributed by atoms with Gasteiger partial charge in [-0.25, -0.2) is 4.79 Å². The van der Waals surface area contributed by atoms with E-state index in [1.165, 1.54) is 19.3 Å². The second-order valence-corrected chi connectivity index (χ2v) is 6.07. The van der Waals surface area contributed by atoms with Gasteiger partial charge in [0.25, 0.3) is 0 Å². The number of furan rings is 1. The van der Waals surface area contributed by atoms with E-state index in [4.69, 9.17) is 9.52 Å². The molecule has 2 bridgehead atoms. The van der Waals surface area contributed by atoms with E-state index >= 15 is 0 Å². The summed E-state index contributed by atoms with van der Waals surface area (Å²) in [5, 5.41) is 8.98. The lowest BCUT2D eigenvalue weighted by atomic mass is 10.1. The number of hydrogen-bond donors (Lipinski definition) is 1. The Morgan fingerprint density at radius 3 is 2.85 bits per heavy atom. The zero-order chi connectivity index (χ0) is 14.3. The second kappa shape index (κ2) is 5.22. The molecule has 20 heavy (non-hydrogen) atoms. The average Bonchev–Trinajstić information content (AvgIpc) is 2.85. The quantitative estimate of drug-likeness (QED) is 0.916. The van der Waals surface area contributed by atoms with Gasteiger partial charge in [-0.05, 0) is 39.3 Å². The van der Waals surface area contributed by atoms with Crippen molar-refractivity contribution in [2.75, 3.05) is 20.1 Å². The fourth-order valence-corrected chi connectivity index (χ4v) is 3.55. The first kappa shape index (κ1) is 13.6. The van der Waals surface area contributed by atoms with E-state index < -0.39 is 5.97 Å². The maximum Gasteiger partial charge on any atom is 0.371 e. The zero-order valence-corrected chi connectivity index (χ0v) is 12.1. The second-order valence-electron chi connectivity index (χ2n) is 6.07. The molecule has 2 aliphatic heterocycles. The van der Waals surface area contributed by atoms with Gasteiger partial charge in [-0.3, -0.25) is 9.80 Å². The van der Waals surface area contributed by atoms with Gasteiger partial charge in [-0.15, -0.1) is 0 Å². The molecule has 2 aliphatic rings. The van der Waals surface area contributed by atoms with Crippen LogP contribution in [-0.2, 0) is 6.54 Å². The van der Waals surface area contributed by atoms with Crippen LogP contribution in [0.4, 0.5) is 0 Å². The Morgan fingerprint density at radius 1 is 1.40 bits per heavy atom. The Labute approximate surface area is 119 Å². The molecule has 0 amide bonds. The Hall–Kier alpha value is -1.33. The van der Waals surface area contributed by atoms with Crippen LogP contribution in [0.5, 0.6) is 0 Å². The van der Waals surface area contributed by atoms with Crippen molar-refractivity contribution < 1.29 is 14.3 Å². The monoisotopic (exact) mass is 278 g/mol. The van der Waals surface area contributed by atoms with Crippen molar-refractivity contribution in [3.8, 4) is 0 Å². The average molecular weight is 278 g/mol. The molecule has 2 fully saturated rings. The summed E-state index contributed by atoms with van der Waals surface area (Å²) in [5.74, 6) is -0.217. The van der Waals surface area contributed by atoms with E-state index in [9.17, 15) is 4.79 Å². The third-order valence-electron chi connectivity index (χ3n) is 4.86. The summed E-state index contributed by atoms with van der Waals surface area (Å²) in [5.41, 5.74) is 1.00. The summed E-state index contributed by atoms with van der Waals surface area (Å²) in [6.45, 7) is 4.79. The summed E-state index contributed by atoms with van der Waals surface area (Å²) in [6, 6.07) is 3.04. The van der Waals surface area contributed by atoms with E-state index in [1.807, 2.05) is 6.92 Å². The van der Waals surface area contributed by atoms with Crippen LogP contribution in [0.25, 0.3) is 0 Å². The molecule has 110 valence electrons. The van der Waals surface area contributed by atoms with Gasteiger partial charge in [-0.2, -0.15) is 0 Å². The number of fused-ring (bicyclic) bond motifs is 2. The molecule has 0 aliphatic carbocycles. The molecule has 5 nitrogen and oxygen atoms in total. The highest BCUT2D eigenvalue weighted by atomic mass is 16.4. The van der Waals surface area contributed by atoms with Gasteiger partial charge in [-0.1, -0.05) is 0 Å². The molecule has 0 aromatic carbocycles. The van der Waals surface area contributed by atoms with Crippen molar-refractivity contribution in [3.63, 3.8) is 0 Å². The molecule has 0 spiro atoms. The minimum atomic E-state index is -0.992. The molecule has 2 unspecified atom stereocenters. The van der Waals surface area contributed by atoms with Crippen molar-refractivity contribution in [3.05, 3.63) is 23.2 Å². The summed E-state index contributed by atoms with van der Waals surface area (Å²) in [7, 11) is 2.23. The SMILES string of the molecule is Cc1oc(C(=O)O)cc1CN1CCC2CCC(C1)N2C. The van der Waals surface area contributed by atoms with Crippen LogP contribution in [-0.4, -0.2) is 53.1 Å². The predicted molar refractivity (Wildman–Crippen MR) is 74.9 cm³/mol. The number of aryl methyl sites for hydroxylation is 1. The number of rotatable bonds is 3. The molecule has 0 radical (unpaired) electrons. The summed E-state index contributed by atoms with van der Waals surface area (Å²) < 4.78 is 5.30. The minimum Gasteiger partial charge on any atom is -0.475 e. The Bertz CT molecular complexity index is 511. The van der Waals surface area contributed by atoms with Crippen LogP contribution in [0.2, 0.25) is 0 Å². The van der Waals surface area contributed by atoms with Gasteiger partial charge in [0, 0.05) is 37.3 Å². The van der Waals surface area contributed by atoms with E-state index in [2.05, 4.69) is 16.8 Å². The highest BCUT2D eigenvalue weighted by molar-refractivity contribution is 5.84. The number of carboxylic acids is 1. The number of hydrogen-bond acceptors (Lipinski definition) is 4. The van der Waals surface area contributed by atoms with Gasteiger partial charge < -0.3 is 9.52 Å². The van der Waals surface area contributed by atoms with Gasteiger partial charge >= 0.3 is 5.97 Å². The normalized spacial score (nSPS) is 27.7. The van der Waals surface area contributed by atoms with Crippen molar-refractivity contribution >= 4 is 5.97 Å². The molecule has 1 aromatic rings. The van der Waals surface area contributed by atoms with Gasteiger partial charge in [0.15, 0.2) is 0 Å². The van der Waals surface area contributed by atoms with Crippen molar-refractivity contribution in [1.82, 2.24) is 9.80 Å². The maximum atomic E-state index is 10.9. The lowest BCUT2D eigenvalue weighted by molar-refractivity contribution is 0.0661. The van der Waals surface area contributed by atoms with E-state index in [0.717, 1.165) is 37.0 Å². The first-order valence-electron chi connectivity index (χ1n) is 7.31. The number of aromatic carboxylic acids is 1. The van der Waals surface area contributed by atoms with Crippen LogP contribution in [0.15, 0.2) is 10.5 Å². The third kappa shape index (κ3) is 2.47.